The number of hydrogen-bond acceptors (Lipinski definition) is 6. The Balaban J connectivity index is 2.15. The van der Waals surface area contributed by atoms with Gasteiger partial charge in [-0.2, -0.15) is 0 Å². The normalized spacial score (nSPS) is 21.0. The highest BCUT2D eigenvalue weighted by Gasteiger charge is 2.62. The van der Waals surface area contributed by atoms with Crippen LogP contribution in [0.2, 0.25) is 0 Å². The quantitative estimate of drug-likeness (QED) is 0.606. The molecule has 0 atom stereocenters. The lowest BCUT2D eigenvalue weighted by atomic mass is 9.84. The second-order valence-corrected chi connectivity index (χ2v) is 7.04. The molecule has 1 aliphatic heterocycles. The molecule has 1 N–H and O–H groups in total. The van der Waals surface area contributed by atoms with Crippen LogP contribution in [0.3, 0.4) is 0 Å². The minimum Gasteiger partial charge on any atom is -0.480 e. The molecule has 1 saturated heterocycles. The molecule has 1 aromatic carbocycles. The summed E-state index contributed by atoms with van der Waals surface area (Å²) in [5.41, 5.74) is -4.23. The van der Waals surface area contributed by atoms with Gasteiger partial charge in [0.05, 0.1) is 0 Å². The number of ether oxygens (including phenoxy) is 1. The zero-order chi connectivity index (χ0) is 20.7. The van der Waals surface area contributed by atoms with E-state index in [1.807, 2.05) is 0 Å². The van der Waals surface area contributed by atoms with Crippen molar-refractivity contribution in [2.45, 2.75) is 31.3 Å². The highest BCUT2D eigenvalue weighted by molar-refractivity contribution is 6.22. The summed E-state index contributed by atoms with van der Waals surface area (Å²) in [6.45, 7) is 0. The van der Waals surface area contributed by atoms with E-state index in [0.717, 1.165) is 0 Å². The van der Waals surface area contributed by atoms with Crippen molar-refractivity contribution in [3.63, 3.8) is 0 Å². The van der Waals surface area contributed by atoms with Crippen molar-refractivity contribution in [3.8, 4) is 0 Å². The number of aliphatic carboxylic acids is 1. The van der Waals surface area contributed by atoms with Gasteiger partial charge in [0.15, 0.2) is 5.41 Å². The maximum atomic E-state index is 13.1. The standard InChI is InChI=1S/C19H20N2O7/c1-20-13(22)19(12-8-4-3-5-9-12,14(23)21(2)17(20)27)28-16(26)18(15(24)25)10-6-7-11-18/h3-5,8-9H,6-7,10-11H2,1-2H3,(H,24,25). The Kier molecular flexibility index (Phi) is 4.70. The summed E-state index contributed by atoms with van der Waals surface area (Å²) in [4.78, 5) is 64.5. The fraction of sp³-hybridized carbons (Fsp3) is 0.421. The number of amides is 4. The molecule has 1 saturated carbocycles. The van der Waals surface area contributed by atoms with Crippen LogP contribution in [-0.4, -0.2) is 58.8 Å². The molecule has 0 unspecified atom stereocenters. The number of carbonyl (C=O) groups is 5. The molecule has 3 rings (SSSR count). The fourth-order valence-electron chi connectivity index (χ4n) is 3.75. The first-order valence-electron chi connectivity index (χ1n) is 8.81. The molecule has 148 valence electrons. The monoisotopic (exact) mass is 388 g/mol. The smallest absolute Gasteiger partial charge is 0.333 e. The summed E-state index contributed by atoms with van der Waals surface area (Å²) in [6, 6.07) is 6.71. The second-order valence-electron chi connectivity index (χ2n) is 7.04. The molecule has 9 heteroatoms. The zero-order valence-electron chi connectivity index (χ0n) is 15.5. The number of carboxylic acid groups (broad SMARTS) is 1. The average Bonchev–Trinajstić information content (AvgIpc) is 3.20. The largest absolute Gasteiger partial charge is 0.480 e. The van der Waals surface area contributed by atoms with Gasteiger partial charge < -0.3 is 9.84 Å². The molecular formula is C19H20N2O7. The number of benzene rings is 1. The third-order valence-corrected chi connectivity index (χ3v) is 5.47. The van der Waals surface area contributed by atoms with E-state index in [0.29, 0.717) is 22.6 Å². The van der Waals surface area contributed by atoms with E-state index in [4.69, 9.17) is 4.74 Å². The highest BCUT2D eigenvalue weighted by atomic mass is 16.6. The van der Waals surface area contributed by atoms with E-state index in [2.05, 4.69) is 0 Å². The van der Waals surface area contributed by atoms with Crippen LogP contribution < -0.4 is 0 Å². The Morgan fingerprint density at radius 2 is 1.46 bits per heavy atom. The number of rotatable bonds is 4. The van der Waals surface area contributed by atoms with Gasteiger partial charge in [-0.05, 0) is 12.8 Å². The lowest BCUT2D eigenvalue weighted by Crippen LogP contribution is -2.67. The van der Waals surface area contributed by atoms with Crippen molar-refractivity contribution in [1.82, 2.24) is 9.80 Å². The third kappa shape index (κ3) is 2.57. The van der Waals surface area contributed by atoms with Gasteiger partial charge in [0.1, 0.15) is 0 Å². The Hall–Kier alpha value is -3.23. The molecule has 2 aliphatic rings. The Labute approximate surface area is 160 Å². The lowest BCUT2D eigenvalue weighted by Gasteiger charge is -2.41. The number of likely N-dealkylation sites (N-methyl/N-ethyl adjacent to an activating group) is 2. The lowest BCUT2D eigenvalue weighted by molar-refractivity contribution is -0.195. The predicted molar refractivity (Wildman–Crippen MR) is 93.7 cm³/mol. The molecular weight excluding hydrogens is 368 g/mol. The molecule has 28 heavy (non-hydrogen) atoms. The van der Waals surface area contributed by atoms with Gasteiger partial charge in [0, 0.05) is 19.7 Å². The highest BCUT2D eigenvalue weighted by Crippen LogP contribution is 2.43. The summed E-state index contributed by atoms with van der Waals surface area (Å²) in [6.07, 6.45) is 1.14. The van der Waals surface area contributed by atoms with E-state index in [1.54, 1.807) is 18.2 Å². The topological polar surface area (TPSA) is 121 Å². The van der Waals surface area contributed by atoms with E-state index in [-0.39, 0.29) is 18.4 Å². The molecule has 1 aromatic rings. The molecule has 0 aromatic heterocycles. The first kappa shape index (κ1) is 19.5. The van der Waals surface area contributed by atoms with Gasteiger partial charge in [0.2, 0.25) is 0 Å². The van der Waals surface area contributed by atoms with E-state index in [1.165, 1.54) is 26.2 Å². The molecule has 0 spiro atoms. The van der Waals surface area contributed by atoms with Crippen molar-refractivity contribution in [2.24, 2.45) is 5.41 Å². The number of nitrogens with zero attached hydrogens (tertiary/aromatic N) is 2. The summed E-state index contributed by atoms with van der Waals surface area (Å²) in [7, 11) is 2.34. The number of urea groups is 1. The molecule has 1 aliphatic carbocycles. The number of esters is 1. The van der Waals surface area contributed by atoms with Crippen molar-refractivity contribution >= 4 is 29.8 Å². The van der Waals surface area contributed by atoms with Gasteiger partial charge in [-0.15, -0.1) is 0 Å². The Morgan fingerprint density at radius 3 is 1.93 bits per heavy atom. The van der Waals surface area contributed by atoms with Crippen molar-refractivity contribution in [1.29, 1.82) is 0 Å². The number of carboxylic acids is 1. The van der Waals surface area contributed by atoms with Crippen LogP contribution in [0.4, 0.5) is 4.79 Å². The first-order valence-corrected chi connectivity index (χ1v) is 8.81. The second kappa shape index (κ2) is 6.74. The van der Waals surface area contributed by atoms with Gasteiger partial charge in [-0.25, -0.2) is 4.79 Å². The Morgan fingerprint density at radius 1 is 0.964 bits per heavy atom. The summed E-state index contributed by atoms with van der Waals surface area (Å²) in [5, 5.41) is 9.65. The maximum absolute atomic E-state index is 13.1. The predicted octanol–water partition coefficient (Wildman–Crippen LogP) is 1.12. The van der Waals surface area contributed by atoms with Crippen LogP contribution in [0.1, 0.15) is 31.2 Å². The van der Waals surface area contributed by atoms with E-state index >= 15 is 0 Å². The van der Waals surface area contributed by atoms with Crippen LogP contribution in [0, 0.1) is 5.41 Å². The number of imide groups is 2. The van der Waals surface area contributed by atoms with E-state index < -0.39 is 40.8 Å². The summed E-state index contributed by atoms with van der Waals surface area (Å²) in [5.74, 6) is -4.59. The van der Waals surface area contributed by atoms with Crippen LogP contribution in [0.15, 0.2) is 30.3 Å². The van der Waals surface area contributed by atoms with Crippen molar-refractivity contribution in [3.05, 3.63) is 35.9 Å². The van der Waals surface area contributed by atoms with Gasteiger partial charge in [-0.3, -0.25) is 29.0 Å². The number of carbonyl (C=O) groups excluding carboxylic acids is 4. The van der Waals surface area contributed by atoms with E-state index in [9.17, 15) is 29.1 Å². The fourth-order valence-corrected chi connectivity index (χ4v) is 3.75. The SMILES string of the molecule is CN1C(=O)N(C)C(=O)C(OC(=O)C2(C(=O)O)CCCC2)(c2ccccc2)C1=O. The van der Waals surface area contributed by atoms with Crippen LogP contribution in [0.25, 0.3) is 0 Å². The van der Waals surface area contributed by atoms with Crippen molar-refractivity contribution in [2.75, 3.05) is 14.1 Å². The first-order chi connectivity index (χ1) is 13.2. The van der Waals surface area contributed by atoms with Crippen LogP contribution >= 0.6 is 0 Å². The average molecular weight is 388 g/mol. The molecule has 0 radical (unpaired) electrons. The molecule has 0 bridgehead atoms. The van der Waals surface area contributed by atoms with Crippen molar-refractivity contribution < 1.29 is 33.8 Å². The van der Waals surface area contributed by atoms with Crippen LogP contribution in [0.5, 0.6) is 0 Å². The molecule has 9 nitrogen and oxygen atoms in total. The third-order valence-electron chi connectivity index (χ3n) is 5.47. The maximum Gasteiger partial charge on any atom is 0.333 e. The van der Waals surface area contributed by atoms with Crippen LogP contribution in [-0.2, 0) is 29.5 Å². The van der Waals surface area contributed by atoms with Gasteiger partial charge in [-0.1, -0.05) is 43.2 Å². The molecule has 2 fully saturated rings. The zero-order valence-corrected chi connectivity index (χ0v) is 15.5. The summed E-state index contributed by atoms with van der Waals surface area (Å²) < 4.78 is 5.47. The van der Waals surface area contributed by atoms with Gasteiger partial charge in [0.25, 0.3) is 17.4 Å². The Bertz CT molecular complexity index is 834. The number of barbiturate groups is 1. The molecule has 1 heterocycles. The number of hydrogen-bond donors (Lipinski definition) is 1. The minimum absolute atomic E-state index is 0.0445. The molecule has 4 amide bonds. The minimum atomic E-state index is -2.46. The van der Waals surface area contributed by atoms with Gasteiger partial charge >= 0.3 is 18.0 Å². The summed E-state index contributed by atoms with van der Waals surface area (Å²) >= 11 is 0.